The summed E-state index contributed by atoms with van der Waals surface area (Å²) >= 11 is 6.04. The minimum atomic E-state index is 0.639. The summed E-state index contributed by atoms with van der Waals surface area (Å²) in [7, 11) is 2.03. The molecule has 0 radical (unpaired) electrons. The highest BCUT2D eigenvalue weighted by molar-refractivity contribution is 6.31. The molecule has 3 nitrogen and oxygen atoms in total. The Hall–Kier alpha value is -2.26. The summed E-state index contributed by atoms with van der Waals surface area (Å²) in [5, 5.41) is 1.53. The van der Waals surface area contributed by atoms with Crippen LogP contribution in [0.4, 0.5) is 5.69 Å². The van der Waals surface area contributed by atoms with Crippen LogP contribution in [-0.2, 0) is 6.67 Å². The van der Waals surface area contributed by atoms with Gasteiger partial charge in [-0.1, -0.05) is 29.3 Å². The first-order valence-corrected chi connectivity index (χ1v) is 7.47. The quantitative estimate of drug-likeness (QED) is 0.662. The van der Waals surface area contributed by atoms with Crippen molar-refractivity contribution in [2.45, 2.75) is 13.6 Å². The molecule has 0 N–H and O–H groups in total. The third-order valence-corrected chi connectivity index (χ3v) is 4.08. The molecule has 0 spiro atoms. The maximum Gasteiger partial charge on any atom is 0.152 e. The third-order valence-electron chi connectivity index (χ3n) is 3.84. The van der Waals surface area contributed by atoms with Gasteiger partial charge in [-0.3, -0.25) is 4.79 Å². The first-order valence-electron chi connectivity index (χ1n) is 7.10. The van der Waals surface area contributed by atoms with E-state index in [1.807, 2.05) is 31.4 Å². The number of nitrogens with zero attached hydrogens (tertiary/aromatic N) is 2. The lowest BCUT2D eigenvalue weighted by molar-refractivity contribution is 0.112. The van der Waals surface area contributed by atoms with Crippen LogP contribution in [0.1, 0.15) is 15.9 Å². The molecule has 0 saturated heterocycles. The summed E-state index contributed by atoms with van der Waals surface area (Å²) < 4.78 is 2.06. The number of aryl methyl sites for hydroxylation is 1. The number of hydrogen-bond donors (Lipinski definition) is 0. The van der Waals surface area contributed by atoms with Crippen molar-refractivity contribution >= 4 is 34.5 Å². The van der Waals surface area contributed by atoms with Crippen molar-refractivity contribution in [2.75, 3.05) is 11.9 Å². The first-order chi connectivity index (χ1) is 10.6. The van der Waals surface area contributed by atoms with E-state index in [1.54, 1.807) is 0 Å². The Balaban J connectivity index is 1.96. The minimum absolute atomic E-state index is 0.639. The van der Waals surface area contributed by atoms with Crippen LogP contribution in [0.25, 0.3) is 10.9 Å². The molecular weight excluding hydrogens is 296 g/mol. The molecule has 22 heavy (non-hydrogen) atoms. The van der Waals surface area contributed by atoms with E-state index in [2.05, 4.69) is 40.7 Å². The van der Waals surface area contributed by atoms with Crippen molar-refractivity contribution in [3.05, 3.63) is 64.8 Å². The normalized spacial score (nSPS) is 10.9. The van der Waals surface area contributed by atoms with Crippen molar-refractivity contribution in [3.8, 4) is 0 Å². The molecule has 4 heteroatoms. The lowest BCUT2D eigenvalue weighted by atomic mass is 10.2. The molecule has 0 bridgehead atoms. The van der Waals surface area contributed by atoms with E-state index < -0.39 is 0 Å². The lowest BCUT2D eigenvalue weighted by Gasteiger charge is -2.21. The van der Waals surface area contributed by atoms with E-state index in [0.717, 1.165) is 22.9 Å². The zero-order valence-electron chi connectivity index (χ0n) is 12.6. The number of aldehydes is 1. The molecule has 1 heterocycles. The topological polar surface area (TPSA) is 25.2 Å². The molecule has 0 aliphatic carbocycles. The average molecular weight is 313 g/mol. The van der Waals surface area contributed by atoms with Gasteiger partial charge in [0.15, 0.2) is 6.29 Å². The van der Waals surface area contributed by atoms with Gasteiger partial charge in [0.2, 0.25) is 0 Å². The fourth-order valence-electron chi connectivity index (χ4n) is 2.62. The monoisotopic (exact) mass is 312 g/mol. The Morgan fingerprint density at radius 3 is 2.59 bits per heavy atom. The van der Waals surface area contributed by atoms with Crippen LogP contribution in [0.3, 0.4) is 0 Å². The predicted octanol–water partition coefficient (Wildman–Crippen LogP) is 4.51. The van der Waals surface area contributed by atoms with Crippen molar-refractivity contribution in [2.24, 2.45) is 0 Å². The Labute approximate surface area is 134 Å². The number of hydrogen-bond acceptors (Lipinski definition) is 2. The molecule has 112 valence electrons. The molecule has 3 aromatic rings. The Bertz CT molecular complexity index is 821. The second-order valence-electron chi connectivity index (χ2n) is 5.51. The van der Waals surface area contributed by atoms with E-state index in [1.165, 1.54) is 5.56 Å². The Morgan fingerprint density at radius 2 is 1.91 bits per heavy atom. The van der Waals surface area contributed by atoms with Crippen molar-refractivity contribution in [1.29, 1.82) is 0 Å². The van der Waals surface area contributed by atoms with Crippen molar-refractivity contribution < 1.29 is 4.79 Å². The number of aromatic nitrogens is 1. The van der Waals surface area contributed by atoms with Gasteiger partial charge in [-0.15, -0.1) is 0 Å². The molecule has 0 amide bonds. The number of anilines is 1. The molecule has 0 saturated carbocycles. The van der Waals surface area contributed by atoms with Crippen molar-refractivity contribution in [3.63, 3.8) is 0 Å². The number of benzene rings is 2. The average Bonchev–Trinajstić information content (AvgIpc) is 2.85. The van der Waals surface area contributed by atoms with Crippen LogP contribution >= 0.6 is 11.6 Å². The SMILES string of the molecule is Cc1ccc(N(C)Cn2cc(C=O)c3cc(Cl)ccc32)cc1. The van der Waals surface area contributed by atoms with E-state index in [-0.39, 0.29) is 0 Å². The molecule has 2 aromatic carbocycles. The number of carbonyl (C=O) groups is 1. The van der Waals surface area contributed by atoms with Gasteiger partial charge in [0.25, 0.3) is 0 Å². The summed E-state index contributed by atoms with van der Waals surface area (Å²) in [5.74, 6) is 0. The van der Waals surface area contributed by atoms with Crippen LogP contribution in [-0.4, -0.2) is 17.9 Å². The molecule has 0 fully saturated rings. The largest absolute Gasteiger partial charge is 0.357 e. The zero-order chi connectivity index (χ0) is 15.7. The third kappa shape index (κ3) is 2.72. The molecule has 3 rings (SSSR count). The Morgan fingerprint density at radius 1 is 1.18 bits per heavy atom. The fraction of sp³-hybridized carbons (Fsp3) is 0.167. The van der Waals surface area contributed by atoms with Gasteiger partial charge in [-0.2, -0.15) is 0 Å². The van der Waals surface area contributed by atoms with Gasteiger partial charge >= 0.3 is 0 Å². The molecule has 0 aliphatic rings. The first kappa shape index (κ1) is 14.7. The predicted molar refractivity (Wildman–Crippen MR) is 91.9 cm³/mol. The van der Waals surface area contributed by atoms with E-state index in [4.69, 9.17) is 11.6 Å². The van der Waals surface area contributed by atoms with Gasteiger partial charge in [0.05, 0.1) is 12.2 Å². The summed E-state index contributed by atoms with van der Waals surface area (Å²) in [6.07, 6.45) is 2.75. The number of carbonyl (C=O) groups excluding carboxylic acids is 1. The second kappa shape index (κ2) is 5.85. The highest BCUT2D eigenvalue weighted by Crippen LogP contribution is 2.25. The minimum Gasteiger partial charge on any atom is -0.357 e. The maximum absolute atomic E-state index is 11.3. The van der Waals surface area contributed by atoms with Gasteiger partial charge in [0, 0.05) is 34.9 Å². The van der Waals surface area contributed by atoms with Crippen molar-refractivity contribution in [1.82, 2.24) is 4.57 Å². The maximum atomic E-state index is 11.3. The van der Waals surface area contributed by atoms with Gasteiger partial charge in [-0.25, -0.2) is 0 Å². The lowest BCUT2D eigenvalue weighted by Crippen LogP contribution is -2.20. The van der Waals surface area contributed by atoms with E-state index in [9.17, 15) is 4.79 Å². The summed E-state index contributed by atoms with van der Waals surface area (Å²) in [4.78, 5) is 13.4. The Kier molecular flexibility index (Phi) is 3.90. The molecule has 0 unspecified atom stereocenters. The fourth-order valence-corrected chi connectivity index (χ4v) is 2.79. The highest BCUT2D eigenvalue weighted by Gasteiger charge is 2.10. The van der Waals surface area contributed by atoms with E-state index >= 15 is 0 Å². The summed E-state index contributed by atoms with van der Waals surface area (Å²) in [6.45, 7) is 2.73. The molecular formula is C18H17ClN2O. The van der Waals surface area contributed by atoms with Crippen LogP contribution in [0.15, 0.2) is 48.7 Å². The van der Waals surface area contributed by atoms with Gasteiger partial charge in [0.1, 0.15) is 0 Å². The zero-order valence-corrected chi connectivity index (χ0v) is 13.3. The van der Waals surface area contributed by atoms with Crippen LogP contribution in [0.5, 0.6) is 0 Å². The molecule has 0 aliphatic heterocycles. The number of halogens is 1. The summed E-state index contributed by atoms with van der Waals surface area (Å²) in [6, 6.07) is 14.0. The van der Waals surface area contributed by atoms with Crippen LogP contribution in [0, 0.1) is 6.92 Å². The standard InChI is InChI=1S/C18H17ClN2O/c1-13-3-6-16(7-4-13)20(2)12-21-10-14(11-22)17-9-15(19)5-8-18(17)21/h3-11H,12H2,1-2H3. The molecule has 1 aromatic heterocycles. The van der Waals surface area contributed by atoms with Gasteiger partial charge in [-0.05, 0) is 37.3 Å². The number of fused-ring (bicyclic) bond motifs is 1. The summed E-state index contributed by atoms with van der Waals surface area (Å²) in [5.41, 5.74) is 4.04. The van der Waals surface area contributed by atoms with E-state index in [0.29, 0.717) is 17.3 Å². The second-order valence-corrected chi connectivity index (χ2v) is 5.94. The smallest absolute Gasteiger partial charge is 0.152 e. The van der Waals surface area contributed by atoms with Gasteiger partial charge < -0.3 is 9.47 Å². The van der Waals surface area contributed by atoms with Crippen LogP contribution < -0.4 is 4.90 Å². The molecule has 0 atom stereocenters. The highest BCUT2D eigenvalue weighted by atomic mass is 35.5. The number of rotatable bonds is 4. The van der Waals surface area contributed by atoms with Crippen LogP contribution in [0.2, 0.25) is 5.02 Å².